The van der Waals surface area contributed by atoms with Crippen LogP contribution in [-0.2, 0) is 18.1 Å². The van der Waals surface area contributed by atoms with E-state index in [1.54, 1.807) is 13.8 Å². The summed E-state index contributed by atoms with van der Waals surface area (Å²) >= 11 is 3.12. The number of carbonyl (C=O) groups is 1. The molecule has 0 saturated heterocycles. The topological polar surface area (TPSA) is 48.0 Å². The SMILES string of the molecule is CO[Si](OC)(OC)N(Br)C(=O)C(C)C. The second-order valence-electron chi connectivity index (χ2n) is 2.91. The molecule has 0 aromatic rings. The van der Waals surface area contributed by atoms with Gasteiger partial charge in [0.15, 0.2) is 0 Å². The Morgan fingerprint density at radius 3 is 1.79 bits per heavy atom. The summed E-state index contributed by atoms with van der Waals surface area (Å²) in [5, 5.41) is 0. The third-order valence-corrected chi connectivity index (χ3v) is 5.60. The molecule has 0 aromatic carbocycles. The summed E-state index contributed by atoms with van der Waals surface area (Å²) in [6.45, 7) is 3.58. The molecule has 1 amide bonds. The van der Waals surface area contributed by atoms with Gasteiger partial charge in [-0.2, -0.15) is 0 Å². The second-order valence-corrected chi connectivity index (χ2v) is 6.99. The number of carbonyl (C=O) groups excluding carboxylic acids is 1. The highest BCUT2D eigenvalue weighted by atomic mass is 79.9. The van der Waals surface area contributed by atoms with Crippen LogP contribution in [0.5, 0.6) is 0 Å². The van der Waals surface area contributed by atoms with Gasteiger partial charge in [0.25, 0.3) is 0 Å². The highest BCUT2D eigenvalue weighted by molar-refractivity contribution is 9.08. The van der Waals surface area contributed by atoms with Gasteiger partial charge in [-0.1, -0.05) is 13.8 Å². The van der Waals surface area contributed by atoms with Crippen molar-refractivity contribution in [2.24, 2.45) is 5.92 Å². The molecule has 7 heteroatoms. The van der Waals surface area contributed by atoms with Crippen molar-refractivity contribution in [1.82, 2.24) is 3.59 Å². The lowest BCUT2D eigenvalue weighted by atomic mass is 10.2. The molecule has 0 aliphatic carbocycles. The van der Waals surface area contributed by atoms with E-state index >= 15 is 0 Å². The fourth-order valence-corrected chi connectivity index (χ4v) is 4.07. The molecule has 5 nitrogen and oxygen atoms in total. The molecule has 0 aliphatic rings. The monoisotopic (exact) mass is 285 g/mol. The van der Waals surface area contributed by atoms with Crippen LogP contribution < -0.4 is 0 Å². The maximum atomic E-state index is 11.6. The molecule has 0 rings (SSSR count). The van der Waals surface area contributed by atoms with E-state index < -0.39 is 8.97 Å². The van der Waals surface area contributed by atoms with Gasteiger partial charge in [0.2, 0.25) is 5.91 Å². The van der Waals surface area contributed by atoms with E-state index in [9.17, 15) is 4.79 Å². The summed E-state index contributed by atoms with van der Waals surface area (Å²) in [6.07, 6.45) is 0. The molecule has 0 heterocycles. The van der Waals surface area contributed by atoms with Gasteiger partial charge < -0.3 is 13.3 Å². The Balaban J connectivity index is 4.75. The minimum absolute atomic E-state index is 0.137. The lowest BCUT2D eigenvalue weighted by Crippen LogP contribution is -2.57. The van der Waals surface area contributed by atoms with Crippen molar-refractivity contribution in [3.8, 4) is 0 Å². The zero-order valence-electron chi connectivity index (χ0n) is 9.04. The Kier molecular flexibility index (Phi) is 5.83. The van der Waals surface area contributed by atoms with Crippen LogP contribution in [0.2, 0.25) is 0 Å². The van der Waals surface area contributed by atoms with Crippen molar-refractivity contribution in [3.05, 3.63) is 0 Å². The van der Waals surface area contributed by atoms with Crippen LogP contribution in [0.4, 0.5) is 0 Å². The van der Waals surface area contributed by atoms with E-state index in [0.717, 1.165) is 0 Å². The van der Waals surface area contributed by atoms with Crippen molar-refractivity contribution < 1.29 is 18.1 Å². The highest BCUT2D eigenvalue weighted by Crippen LogP contribution is 2.20. The standard InChI is InChI=1S/C7H16BrNO4Si/c1-6(2)7(10)9(8)14(11-3,12-4)13-5/h6H,1-5H3. The van der Waals surface area contributed by atoms with Crippen LogP contribution >= 0.6 is 16.1 Å². The quantitative estimate of drug-likeness (QED) is 0.562. The minimum Gasteiger partial charge on any atom is -0.359 e. The number of amides is 1. The molecule has 0 saturated carbocycles. The summed E-state index contributed by atoms with van der Waals surface area (Å²) in [5.41, 5.74) is 0. The van der Waals surface area contributed by atoms with Gasteiger partial charge in [0, 0.05) is 43.4 Å². The maximum Gasteiger partial charge on any atom is 0.645 e. The molecular formula is C7H16BrNO4Si. The molecule has 0 aliphatic heterocycles. The van der Waals surface area contributed by atoms with Gasteiger partial charge in [0.1, 0.15) is 0 Å². The van der Waals surface area contributed by atoms with Crippen molar-refractivity contribution in [2.45, 2.75) is 13.8 Å². The Bertz CT molecular complexity index is 190. The molecule has 0 bridgehead atoms. The third kappa shape index (κ3) is 2.77. The fraction of sp³-hybridized carbons (Fsp3) is 0.857. The number of halogens is 1. The lowest BCUT2D eigenvalue weighted by Gasteiger charge is -2.31. The number of hydrogen-bond donors (Lipinski definition) is 0. The first-order valence-electron chi connectivity index (χ1n) is 4.10. The van der Waals surface area contributed by atoms with E-state index in [0.29, 0.717) is 0 Å². The van der Waals surface area contributed by atoms with Crippen molar-refractivity contribution in [3.63, 3.8) is 0 Å². The van der Waals surface area contributed by atoms with Gasteiger partial charge in [-0.3, -0.25) is 4.79 Å². The smallest absolute Gasteiger partial charge is 0.359 e. The van der Waals surface area contributed by atoms with Crippen LogP contribution in [0.25, 0.3) is 0 Å². The van der Waals surface area contributed by atoms with Crippen LogP contribution in [0.15, 0.2) is 0 Å². The van der Waals surface area contributed by atoms with Crippen LogP contribution in [-0.4, -0.2) is 39.8 Å². The molecule has 0 radical (unpaired) electrons. The predicted octanol–water partition coefficient (Wildman–Crippen LogP) is 1.16. The van der Waals surface area contributed by atoms with E-state index in [4.69, 9.17) is 13.3 Å². The average Bonchev–Trinajstić information content (AvgIpc) is 2.19. The first-order valence-corrected chi connectivity index (χ1v) is 6.48. The molecule has 0 aromatic heterocycles. The summed E-state index contributed by atoms with van der Waals surface area (Å²) < 4.78 is 16.6. The molecule has 14 heavy (non-hydrogen) atoms. The summed E-state index contributed by atoms with van der Waals surface area (Å²) in [7, 11) is 1.29. The Morgan fingerprint density at radius 2 is 1.57 bits per heavy atom. The largest absolute Gasteiger partial charge is 0.645 e. The van der Waals surface area contributed by atoms with Crippen LogP contribution in [0.1, 0.15) is 13.8 Å². The Morgan fingerprint density at radius 1 is 1.21 bits per heavy atom. The van der Waals surface area contributed by atoms with Gasteiger partial charge in [-0.25, -0.2) is 3.59 Å². The summed E-state index contributed by atoms with van der Waals surface area (Å²) in [5.74, 6) is -0.288. The molecule has 0 spiro atoms. The predicted molar refractivity (Wildman–Crippen MR) is 57.4 cm³/mol. The zero-order valence-corrected chi connectivity index (χ0v) is 11.6. The Hall–Kier alpha value is 0.0469. The molecule has 0 unspecified atom stereocenters. The highest BCUT2D eigenvalue weighted by Gasteiger charge is 2.49. The molecular weight excluding hydrogens is 270 g/mol. The first-order chi connectivity index (χ1) is 6.45. The third-order valence-electron chi connectivity index (χ3n) is 1.70. The van der Waals surface area contributed by atoms with E-state index in [-0.39, 0.29) is 11.8 Å². The normalized spacial score (nSPS) is 11.9. The first kappa shape index (κ1) is 14.0. The van der Waals surface area contributed by atoms with Crippen LogP contribution in [0.3, 0.4) is 0 Å². The van der Waals surface area contributed by atoms with E-state index in [2.05, 4.69) is 16.1 Å². The molecule has 0 atom stereocenters. The molecule has 84 valence electrons. The lowest BCUT2D eigenvalue weighted by molar-refractivity contribution is -0.128. The van der Waals surface area contributed by atoms with Gasteiger partial charge in [-0.15, -0.1) is 0 Å². The second kappa shape index (κ2) is 5.81. The summed E-state index contributed by atoms with van der Waals surface area (Å²) in [6, 6.07) is 0. The van der Waals surface area contributed by atoms with Crippen LogP contribution in [0, 0.1) is 5.92 Å². The fourth-order valence-electron chi connectivity index (χ4n) is 0.852. The van der Waals surface area contributed by atoms with E-state index in [1.807, 2.05) is 0 Å². The molecule has 0 fully saturated rings. The van der Waals surface area contributed by atoms with Crippen molar-refractivity contribution >= 4 is 31.0 Å². The van der Waals surface area contributed by atoms with E-state index in [1.165, 1.54) is 24.9 Å². The van der Waals surface area contributed by atoms with Crippen molar-refractivity contribution in [2.75, 3.05) is 21.3 Å². The summed E-state index contributed by atoms with van der Waals surface area (Å²) in [4.78, 5) is 11.6. The van der Waals surface area contributed by atoms with Gasteiger partial charge in [0.05, 0.1) is 0 Å². The number of rotatable bonds is 5. The van der Waals surface area contributed by atoms with Crippen molar-refractivity contribution in [1.29, 1.82) is 0 Å². The zero-order chi connectivity index (χ0) is 11.4. The maximum absolute atomic E-state index is 11.6. The minimum atomic E-state index is -3.05. The van der Waals surface area contributed by atoms with Gasteiger partial charge in [-0.05, 0) is 0 Å². The number of hydrogen-bond acceptors (Lipinski definition) is 4. The number of nitrogens with zero attached hydrogens (tertiary/aromatic N) is 1. The van der Waals surface area contributed by atoms with Gasteiger partial charge >= 0.3 is 8.97 Å². The molecule has 0 N–H and O–H groups in total. The average molecular weight is 286 g/mol. The Labute approximate surface area is 94.1 Å².